The second kappa shape index (κ2) is 5.90. The fraction of sp³-hybridized carbons (Fsp3) is 0.375. The molecule has 2 rings (SSSR count). The minimum Gasteiger partial charge on any atom is -0.550 e. The molecule has 0 saturated carbocycles. The van der Waals surface area contributed by atoms with E-state index < -0.39 is 17.8 Å². The van der Waals surface area contributed by atoms with Gasteiger partial charge in [-0.15, -0.1) is 0 Å². The summed E-state index contributed by atoms with van der Waals surface area (Å²) in [6.45, 7) is 3.91. The highest BCUT2D eigenvalue weighted by molar-refractivity contribution is 5.95. The Balaban J connectivity index is 2.14. The number of carboxylic acid groups (broad SMARTS) is 1. The van der Waals surface area contributed by atoms with Gasteiger partial charge in [-0.2, -0.15) is 0 Å². The molecule has 1 aromatic rings. The van der Waals surface area contributed by atoms with Crippen molar-refractivity contribution in [1.82, 2.24) is 0 Å². The summed E-state index contributed by atoms with van der Waals surface area (Å²) < 4.78 is 0. The molecule has 0 radical (unpaired) electrons. The van der Waals surface area contributed by atoms with Crippen molar-refractivity contribution in [2.75, 3.05) is 5.32 Å². The number of aryl methyl sites for hydroxylation is 2. The van der Waals surface area contributed by atoms with Gasteiger partial charge >= 0.3 is 0 Å². The molecule has 1 amide bonds. The molecule has 0 aromatic heterocycles. The predicted octanol–water partition coefficient (Wildman–Crippen LogP) is 1.57. The summed E-state index contributed by atoms with van der Waals surface area (Å²) in [5, 5.41) is 13.9. The molecule has 106 valence electrons. The van der Waals surface area contributed by atoms with Crippen LogP contribution in [0, 0.1) is 25.7 Å². The van der Waals surface area contributed by atoms with Gasteiger partial charge in [0.1, 0.15) is 0 Å². The third-order valence-corrected chi connectivity index (χ3v) is 3.56. The minimum atomic E-state index is -1.16. The van der Waals surface area contributed by atoms with E-state index in [1.54, 1.807) is 6.08 Å². The lowest BCUT2D eigenvalue weighted by Gasteiger charge is -2.28. The van der Waals surface area contributed by atoms with Crippen LogP contribution in [0.5, 0.6) is 0 Å². The molecule has 0 heterocycles. The molecule has 1 aliphatic carbocycles. The summed E-state index contributed by atoms with van der Waals surface area (Å²) in [5.41, 5.74) is 2.82. The Labute approximate surface area is 118 Å². The van der Waals surface area contributed by atoms with Gasteiger partial charge in [0.25, 0.3) is 0 Å². The molecule has 1 aliphatic rings. The Hall–Kier alpha value is -2.10. The molecule has 0 saturated heterocycles. The lowest BCUT2D eigenvalue weighted by atomic mass is 9.82. The van der Waals surface area contributed by atoms with Crippen LogP contribution in [0.1, 0.15) is 24.0 Å². The van der Waals surface area contributed by atoms with Crippen molar-refractivity contribution >= 4 is 17.6 Å². The van der Waals surface area contributed by atoms with Gasteiger partial charge in [-0.25, -0.2) is 0 Å². The topological polar surface area (TPSA) is 69.2 Å². The van der Waals surface area contributed by atoms with Crippen LogP contribution in [0.4, 0.5) is 5.69 Å². The highest BCUT2D eigenvalue weighted by Crippen LogP contribution is 2.27. The van der Waals surface area contributed by atoms with Gasteiger partial charge in [-0.05, 0) is 49.9 Å². The maximum absolute atomic E-state index is 12.3. The Morgan fingerprint density at radius 3 is 2.15 bits per heavy atom. The van der Waals surface area contributed by atoms with Crippen LogP contribution in [0.15, 0.2) is 30.4 Å². The maximum atomic E-state index is 12.3. The third-order valence-electron chi connectivity index (χ3n) is 3.56. The van der Waals surface area contributed by atoms with Crippen molar-refractivity contribution in [1.29, 1.82) is 0 Å². The van der Waals surface area contributed by atoms with Gasteiger partial charge in [0.2, 0.25) is 5.91 Å². The molecule has 0 bridgehead atoms. The normalized spacial score (nSPS) is 21.5. The minimum absolute atomic E-state index is 0.256. The number of benzene rings is 1. The highest BCUT2D eigenvalue weighted by atomic mass is 16.4. The SMILES string of the molecule is Cc1cc(C)cc(NC(=O)[C@@H]2CC=CC[C@H]2C(=O)[O-])c1. The number of carboxylic acids is 1. The van der Waals surface area contributed by atoms with Crippen LogP contribution in [0.2, 0.25) is 0 Å². The number of carbonyl (C=O) groups excluding carboxylic acids is 2. The number of carbonyl (C=O) groups is 2. The average Bonchev–Trinajstić information content (AvgIpc) is 2.37. The summed E-state index contributed by atoms with van der Waals surface area (Å²) in [6, 6.07) is 5.76. The summed E-state index contributed by atoms with van der Waals surface area (Å²) in [5.74, 6) is -2.72. The Kier molecular flexibility index (Phi) is 4.23. The van der Waals surface area contributed by atoms with Gasteiger partial charge in [-0.1, -0.05) is 18.2 Å². The van der Waals surface area contributed by atoms with Gasteiger partial charge < -0.3 is 15.2 Å². The van der Waals surface area contributed by atoms with E-state index in [1.165, 1.54) is 0 Å². The van der Waals surface area contributed by atoms with Crippen molar-refractivity contribution in [2.45, 2.75) is 26.7 Å². The smallest absolute Gasteiger partial charge is 0.228 e. The highest BCUT2D eigenvalue weighted by Gasteiger charge is 2.29. The molecule has 0 fully saturated rings. The number of hydrogen-bond acceptors (Lipinski definition) is 3. The van der Waals surface area contributed by atoms with E-state index in [9.17, 15) is 14.7 Å². The summed E-state index contributed by atoms with van der Waals surface area (Å²) in [6.07, 6.45) is 4.44. The molecule has 4 nitrogen and oxygen atoms in total. The summed E-state index contributed by atoms with van der Waals surface area (Å²) in [4.78, 5) is 23.4. The van der Waals surface area contributed by atoms with Gasteiger partial charge in [-0.3, -0.25) is 4.79 Å². The van der Waals surface area contributed by atoms with E-state index >= 15 is 0 Å². The first-order valence-electron chi connectivity index (χ1n) is 6.72. The zero-order valence-electron chi connectivity index (χ0n) is 11.7. The first kappa shape index (κ1) is 14.3. The Morgan fingerprint density at radius 1 is 1.05 bits per heavy atom. The van der Waals surface area contributed by atoms with Crippen molar-refractivity contribution < 1.29 is 14.7 Å². The maximum Gasteiger partial charge on any atom is 0.228 e. The predicted molar refractivity (Wildman–Crippen MR) is 74.9 cm³/mol. The number of allylic oxidation sites excluding steroid dienone is 2. The molecular formula is C16H18NO3-. The second-order valence-electron chi connectivity index (χ2n) is 5.34. The van der Waals surface area contributed by atoms with Crippen molar-refractivity contribution in [3.05, 3.63) is 41.5 Å². The van der Waals surface area contributed by atoms with Gasteiger partial charge in [0.05, 0.1) is 5.92 Å². The second-order valence-corrected chi connectivity index (χ2v) is 5.34. The lowest BCUT2D eigenvalue weighted by molar-refractivity contribution is -0.313. The number of nitrogens with one attached hydrogen (secondary N) is 1. The van der Waals surface area contributed by atoms with Crippen molar-refractivity contribution in [3.63, 3.8) is 0 Å². The van der Waals surface area contributed by atoms with Crippen LogP contribution in [0.3, 0.4) is 0 Å². The standard InChI is InChI=1S/C16H19NO3/c1-10-7-11(2)9-12(8-10)17-15(18)13-5-3-4-6-14(13)16(19)20/h3-4,7-9,13-14H,5-6H2,1-2H3,(H,17,18)(H,19,20)/p-1/t13-,14-/m1/s1. The van der Waals surface area contributed by atoms with Gasteiger partial charge in [0.15, 0.2) is 0 Å². The molecule has 2 atom stereocenters. The lowest BCUT2D eigenvalue weighted by Crippen LogP contribution is -2.41. The van der Waals surface area contributed by atoms with E-state index in [4.69, 9.17) is 0 Å². The molecule has 20 heavy (non-hydrogen) atoms. The Bertz CT molecular complexity index is 543. The van der Waals surface area contributed by atoms with Crippen LogP contribution in [-0.4, -0.2) is 11.9 Å². The van der Waals surface area contributed by atoms with Crippen LogP contribution >= 0.6 is 0 Å². The van der Waals surface area contributed by atoms with E-state index in [0.717, 1.165) is 11.1 Å². The monoisotopic (exact) mass is 272 g/mol. The largest absolute Gasteiger partial charge is 0.550 e. The fourth-order valence-corrected chi connectivity index (χ4v) is 2.65. The zero-order valence-corrected chi connectivity index (χ0v) is 11.7. The number of anilines is 1. The number of hydrogen-bond donors (Lipinski definition) is 1. The first-order chi connectivity index (χ1) is 9.47. The number of aliphatic carboxylic acids is 1. The molecular weight excluding hydrogens is 254 g/mol. The summed E-state index contributed by atoms with van der Waals surface area (Å²) in [7, 11) is 0. The molecule has 1 N–H and O–H groups in total. The van der Waals surface area contributed by atoms with Crippen LogP contribution in [0.25, 0.3) is 0 Å². The first-order valence-corrected chi connectivity index (χ1v) is 6.72. The van der Waals surface area contributed by atoms with Crippen molar-refractivity contribution in [2.24, 2.45) is 11.8 Å². The number of amides is 1. The third kappa shape index (κ3) is 3.26. The van der Waals surface area contributed by atoms with Gasteiger partial charge in [0, 0.05) is 17.6 Å². The Morgan fingerprint density at radius 2 is 1.60 bits per heavy atom. The van der Waals surface area contributed by atoms with Crippen molar-refractivity contribution in [3.8, 4) is 0 Å². The van der Waals surface area contributed by atoms with E-state index in [2.05, 4.69) is 5.32 Å². The molecule has 0 unspecified atom stereocenters. The van der Waals surface area contributed by atoms with E-state index in [1.807, 2.05) is 38.1 Å². The summed E-state index contributed by atoms with van der Waals surface area (Å²) >= 11 is 0. The fourth-order valence-electron chi connectivity index (χ4n) is 2.65. The molecule has 1 aromatic carbocycles. The van der Waals surface area contributed by atoms with E-state index in [-0.39, 0.29) is 5.91 Å². The molecule has 4 heteroatoms. The number of rotatable bonds is 3. The molecule has 0 spiro atoms. The van der Waals surface area contributed by atoms with Crippen LogP contribution in [-0.2, 0) is 9.59 Å². The van der Waals surface area contributed by atoms with E-state index in [0.29, 0.717) is 18.5 Å². The zero-order chi connectivity index (χ0) is 14.7. The average molecular weight is 272 g/mol. The molecule has 0 aliphatic heterocycles. The quantitative estimate of drug-likeness (QED) is 0.849. The van der Waals surface area contributed by atoms with Crippen LogP contribution < -0.4 is 10.4 Å².